The van der Waals surface area contributed by atoms with Crippen molar-refractivity contribution < 1.29 is 4.99 Å². The third kappa shape index (κ3) is 5.34. The van der Waals surface area contributed by atoms with Gasteiger partial charge in [-0.25, -0.2) is 4.99 Å². The summed E-state index contributed by atoms with van der Waals surface area (Å²) in [4.78, 5) is 8.40. The average molecular weight is 507 g/mol. The Hall–Kier alpha value is -3.59. The minimum absolute atomic E-state index is 0.901. The summed E-state index contributed by atoms with van der Waals surface area (Å²) in [7, 11) is 0. The van der Waals surface area contributed by atoms with Gasteiger partial charge < -0.3 is 9.80 Å². The van der Waals surface area contributed by atoms with Gasteiger partial charge in [0, 0.05) is 43.6 Å². The van der Waals surface area contributed by atoms with Crippen molar-refractivity contribution >= 4 is 28.2 Å². The number of nitrogens with one attached hydrogen (secondary N) is 1. The minimum atomic E-state index is 0.901. The average Bonchev–Trinajstić information content (AvgIpc) is 2.93. The van der Waals surface area contributed by atoms with Crippen molar-refractivity contribution in [3.8, 4) is 0 Å². The Morgan fingerprint density at radius 2 is 1.13 bits per heavy atom. The van der Waals surface area contributed by atoms with Crippen molar-refractivity contribution in [2.75, 3.05) is 42.5 Å². The van der Waals surface area contributed by atoms with Crippen LogP contribution in [0.1, 0.15) is 68.0 Å². The highest BCUT2D eigenvalue weighted by Crippen LogP contribution is 2.40. The van der Waals surface area contributed by atoms with Crippen LogP contribution in [0.4, 0.5) is 11.4 Å². The molecule has 198 valence electrons. The van der Waals surface area contributed by atoms with Crippen LogP contribution in [0.3, 0.4) is 0 Å². The molecule has 1 aliphatic carbocycles. The molecule has 0 heterocycles. The molecule has 0 aliphatic heterocycles. The number of benzene rings is 3. The second-order valence-corrected chi connectivity index (χ2v) is 9.95. The SMILES string of the molecule is CC[NH+]=C1C=CC(=C(c2ccc(N(CC)CC)cc2C)c2ccc(N(CC)CC)cc2C)c2ccccc21. The molecule has 38 heavy (non-hydrogen) atoms. The maximum atomic E-state index is 3.56. The van der Waals surface area contributed by atoms with E-state index in [0.29, 0.717) is 0 Å². The molecule has 3 aromatic carbocycles. The van der Waals surface area contributed by atoms with Crippen LogP contribution >= 0.6 is 0 Å². The van der Waals surface area contributed by atoms with Crippen molar-refractivity contribution in [3.63, 3.8) is 0 Å². The van der Waals surface area contributed by atoms with Gasteiger partial charge in [-0.05, 0) is 124 Å². The summed E-state index contributed by atoms with van der Waals surface area (Å²) < 4.78 is 0. The number of allylic oxidation sites excluding steroid dienone is 3. The first-order valence-corrected chi connectivity index (χ1v) is 14.3. The molecule has 0 saturated heterocycles. The summed E-state index contributed by atoms with van der Waals surface area (Å²) in [5.41, 5.74) is 14.1. The minimum Gasteiger partial charge on any atom is -0.372 e. The highest BCUT2D eigenvalue weighted by molar-refractivity contribution is 6.17. The Labute approximate surface area is 230 Å². The molecule has 4 rings (SSSR count). The quantitative estimate of drug-likeness (QED) is 0.362. The summed E-state index contributed by atoms with van der Waals surface area (Å²) in [5, 5.41) is 0. The number of hydrogen-bond acceptors (Lipinski definition) is 2. The highest BCUT2D eigenvalue weighted by atomic mass is 15.1. The number of fused-ring (bicyclic) bond motifs is 1. The lowest BCUT2D eigenvalue weighted by Gasteiger charge is -2.26. The zero-order valence-electron chi connectivity index (χ0n) is 24.4. The van der Waals surface area contributed by atoms with Gasteiger partial charge in [0.2, 0.25) is 5.71 Å². The van der Waals surface area contributed by atoms with Crippen LogP contribution in [0.15, 0.2) is 72.8 Å². The van der Waals surface area contributed by atoms with Crippen LogP contribution in [-0.2, 0) is 0 Å². The van der Waals surface area contributed by atoms with E-state index in [2.05, 4.69) is 136 Å². The molecule has 3 aromatic rings. The van der Waals surface area contributed by atoms with Crippen molar-refractivity contribution in [1.82, 2.24) is 0 Å². The second-order valence-electron chi connectivity index (χ2n) is 9.95. The molecule has 0 atom stereocenters. The van der Waals surface area contributed by atoms with Crippen molar-refractivity contribution in [2.45, 2.75) is 48.5 Å². The molecule has 3 heteroatoms. The molecule has 0 bridgehead atoms. The fourth-order valence-electron chi connectivity index (χ4n) is 5.72. The molecule has 1 aliphatic rings. The Morgan fingerprint density at radius 1 is 0.632 bits per heavy atom. The van der Waals surface area contributed by atoms with Gasteiger partial charge in [0.05, 0.1) is 5.56 Å². The lowest BCUT2D eigenvalue weighted by atomic mass is 9.81. The van der Waals surface area contributed by atoms with Gasteiger partial charge >= 0.3 is 0 Å². The smallest absolute Gasteiger partial charge is 0.206 e. The number of anilines is 2. The Kier molecular flexibility index (Phi) is 8.89. The van der Waals surface area contributed by atoms with Crippen molar-refractivity contribution in [2.24, 2.45) is 0 Å². The van der Waals surface area contributed by atoms with E-state index in [1.54, 1.807) is 0 Å². The fourth-order valence-corrected chi connectivity index (χ4v) is 5.72. The van der Waals surface area contributed by atoms with Crippen LogP contribution in [0.2, 0.25) is 0 Å². The zero-order valence-corrected chi connectivity index (χ0v) is 24.4. The number of nitrogens with zero attached hydrogens (tertiary/aromatic N) is 2. The molecule has 3 nitrogen and oxygen atoms in total. The van der Waals surface area contributed by atoms with Gasteiger partial charge in [0.25, 0.3) is 0 Å². The van der Waals surface area contributed by atoms with Crippen LogP contribution in [0.25, 0.3) is 11.1 Å². The van der Waals surface area contributed by atoms with Gasteiger partial charge in [-0.15, -0.1) is 0 Å². The van der Waals surface area contributed by atoms with E-state index < -0.39 is 0 Å². The summed E-state index contributed by atoms with van der Waals surface area (Å²) in [6.45, 7) is 20.5. The summed E-state index contributed by atoms with van der Waals surface area (Å²) in [5.74, 6) is 0. The molecule has 0 fully saturated rings. The Morgan fingerprint density at radius 3 is 1.58 bits per heavy atom. The molecular weight excluding hydrogens is 462 g/mol. The van der Waals surface area contributed by atoms with Crippen molar-refractivity contribution in [3.05, 3.63) is 106 Å². The standard InChI is InChI=1S/C35H43N3/c1-8-36-34-22-21-33(31-15-13-14-16-32(31)34)35(29-19-17-27(23-25(29)6)37(9-2)10-3)30-20-18-28(24-26(30)7)38(11-4)12-5/h13-24H,8-12H2,1-7H3/p+1. The zero-order chi connectivity index (χ0) is 27.2. The molecule has 0 amide bonds. The summed E-state index contributed by atoms with van der Waals surface area (Å²) >= 11 is 0. The fraction of sp³-hybridized carbons (Fsp3) is 0.343. The molecule has 0 radical (unpaired) electrons. The van der Waals surface area contributed by atoms with E-state index in [1.807, 2.05) is 0 Å². The molecule has 0 unspecified atom stereocenters. The number of aryl methyl sites for hydroxylation is 2. The predicted octanol–water partition coefficient (Wildman–Crippen LogP) is 6.41. The molecule has 0 aromatic heterocycles. The monoisotopic (exact) mass is 506 g/mol. The van der Waals surface area contributed by atoms with E-state index >= 15 is 0 Å². The molecule has 0 saturated carbocycles. The molecule has 0 spiro atoms. The number of rotatable bonds is 9. The Balaban J connectivity index is 2.01. The highest BCUT2D eigenvalue weighted by Gasteiger charge is 2.24. The second kappa shape index (κ2) is 12.3. The van der Waals surface area contributed by atoms with E-state index in [4.69, 9.17) is 0 Å². The van der Waals surface area contributed by atoms with Gasteiger partial charge in [0.1, 0.15) is 6.54 Å². The lowest BCUT2D eigenvalue weighted by molar-refractivity contribution is -0.450. The van der Waals surface area contributed by atoms with Gasteiger partial charge in [0.15, 0.2) is 0 Å². The van der Waals surface area contributed by atoms with Crippen LogP contribution in [0, 0.1) is 13.8 Å². The first-order valence-electron chi connectivity index (χ1n) is 14.3. The van der Waals surface area contributed by atoms with Crippen LogP contribution in [0.5, 0.6) is 0 Å². The maximum absolute atomic E-state index is 3.56. The van der Waals surface area contributed by atoms with Crippen molar-refractivity contribution in [1.29, 1.82) is 0 Å². The van der Waals surface area contributed by atoms with Gasteiger partial charge in [-0.2, -0.15) is 0 Å². The third-order valence-corrected chi connectivity index (χ3v) is 7.78. The van der Waals surface area contributed by atoms with Crippen LogP contribution in [-0.4, -0.2) is 38.4 Å². The van der Waals surface area contributed by atoms with Gasteiger partial charge in [-0.3, -0.25) is 0 Å². The van der Waals surface area contributed by atoms with Crippen LogP contribution < -0.4 is 14.8 Å². The summed E-state index contributed by atoms with van der Waals surface area (Å²) in [6.07, 6.45) is 4.56. The largest absolute Gasteiger partial charge is 0.372 e. The van der Waals surface area contributed by atoms with E-state index in [1.165, 1.54) is 61.6 Å². The van der Waals surface area contributed by atoms with E-state index in [-0.39, 0.29) is 0 Å². The first kappa shape index (κ1) is 27.4. The summed E-state index contributed by atoms with van der Waals surface area (Å²) in [6, 6.07) is 22.8. The third-order valence-electron chi connectivity index (χ3n) is 7.78. The normalized spacial score (nSPS) is 13.6. The Bertz CT molecular complexity index is 1300. The lowest BCUT2D eigenvalue weighted by Crippen LogP contribution is -2.72. The number of hydrogen-bond donors (Lipinski definition) is 1. The molecular formula is C35H44N3+. The topological polar surface area (TPSA) is 20.5 Å². The van der Waals surface area contributed by atoms with E-state index in [9.17, 15) is 0 Å². The predicted molar refractivity (Wildman–Crippen MR) is 167 cm³/mol. The van der Waals surface area contributed by atoms with E-state index in [0.717, 1.165) is 32.7 Å². The molecule has 1 N–H and O–H groups in total. The maximum Gasteiger partial charge on any atom is 0.206 e. The van der Waals surface area contributed by atoms with Gasteiger partial charge in [-0.1, -0.05) is 30.3 Å². The first-order chi connectivity index (χ1) is 18.5.